The average molecular weight is 257 g/mol. The van der Waals surface area contributed by atoms with E-state index in [1.807, 2.05) is 0 Å². The van der Waals surface area contributed by atoms with Gasteiger partial charge in [-0.15, -0.1) is 12.4 Å². The van der Waals surface area contributed by atoms with Crippen LogP contribution in [0.25, 0.3) is 0 Å². The van der Waals surface area contributed by atoms with Crippen molar-refractivity contribution < 1.29 is 0 Å². The molecule has 0 saturated carbocycles. The monoisotopic (exact) mass is 256 g/mol. The minimum atomic E-state index is 0. The molecule has 1 aliphatic heterocycles. The number of hydrogen-bond acceptors (Lipinski definition) is 2. The number of halogens is 1. The molecule has 1 aliphatic rings. The van der Waals surface area contributed by atoms with E-state index < -0.39 is 0 Å². The van der Waals surface area contributed by atoms with Gasteiger partial charge in [0.1, 0.15) is 0 Å². The Kier molecular flexibility index (Phi) is 5.74. The molecule has 0 unspecified atom stereocenters. The van der Waals surface area contributed by atoms with Crippen molar-refractivity contribution in [3.05, 3.63) is 35.9 Å². The third-order valence-corrected chi connectivity index (χ3v) is 3.10. The van der Waals surface area contributed by atoms with Crippen molar-refractivity contribution in [3.63, 3.8) is 0 Å². The van der Waals surface area contributed by atoms with Crippen molar-refractivity contribution in [3.8, 4) is 0 Å². The van der Waals surface area contributed by atoms with Crippen molar-refractivity contribution in [2.75, 3.05) is 26.2 Å². The summed E-state index contributed by atoms with van der Waals surface area (Å²) in [4.78, 5) is 4.68. The zero-order valence-corrected chi connectivity index (χ0v) is 10.8. The lowest BCUT2D eigenvalue weighted by Gasteiger charge is -2.33. The van der Waals surface area contributed by atoms with Crippen LogP contribution in [0.4, 0.5) is 0 Å². The molecule has 0 spiro atoms. The molecule has 1 aromatic rings. The van der Waals surface area contributed by atoms with Crippen molar-refractivity contribution >= 4 is 30.1 Å². The topological polar surface area (TPSA) is 6.48 Å². The van der Waals surface area contributed by atoms with E-state index in [4.69, 9.17) is 12.2 Å². The van der Waals surface area contributed by atoms with E-state index in [9.17, 15) is 0 Å². The molecule has 1 aromatic carbocycles. The number of benzene rings is 1. The molecule has 1 heterocycles. The Balaban J connectivity index is 0.00000128. The Morgan fingerprint density at radius 3 is 2.25 bits per heavy atom. The van der Waals surface area contributed by atoms with Crippen LogP contribution in [0.5, 0.6) is 0 Å². The van der Waals surface area contributed by atoms with Crippen LogP contribution in [0.1, 0.15) is 5.56 Å². The van der Waals surface area contributed by atoms with Crippen LogP contribution in [0.15, 0.2) is 30.3 Å². The molecule has 1 fully saturated rings. The fraction of sp³-hybridized carbons (Fsp3) is 0.417. The Labute approximate surface area is 109 Å². The second kappa shape index (κ2) is 6.84. The maximum absolute atomic E-state index is 4.92. The van der Waals surface area contributed by atoms with E-state index in [1.165, 1.54) is 5.56 Å². The predicted molar refractivity (Wildman–Crippen MR) is 74.2 cm³/mol. The molecule has 0 atom stereocenters. The van der Waals surface area contributed by atoms with Crippen molar-refractivity contribution in [1.82, 2.24) is 9.80 Å². The maximum atomic E-state index is 4.92. The highest BCUT2D eigenvalue weighted by Crippen LogP contribution is 2.07. The summed E-state index contributed by atoms with van der Waals surface area (Å²) in [5.41, 5.74) is 3.17. The average Bonchev–Trinajstić information content (AvgIpc) is 2.31. The number of thiocarbonyl (C=S) groups is 1. The van der Waals surface area contributed by atoms with Gasteiger partial charge in [-0.05, 0) is 5.56 Å². The Hall–Kier alpha value is -0.640. The number of nitrogens with zero attached hydrogens (tertiary/aromatic N) is 2. The van der Waals surface area contributed by atoms with Crippen molar-refractivity contribution in [2.45, 2.75) is 6.54 Å². The van der Waals surface area contributed by atoms with Crippen LogP contribution in [0.2, 0.25) is 0 Å². The minimum Gasteiger partial charge on any atom is -0.366 e. The molecule has 0 bridgehead atoms. The first-order valence-corrected chi connectivity index (χ1v) is 5.81. The predicted octanol–water partition coefficient (Wildman–Crippen LogP) is 2.18. The van der Waals surface area contributed by atoms with E-state index in [0.29, 0.717) is 0 Å². The van der Waals surface area contributed by atoms with Gasteiger partial charge in [-0.2, -0.15) is 0 Å². The minimum absolute atomic E-state index is 0. The zero-order chi connectivity index (χ0) is 10.5. The molecule has 16 heavy (non-hydrogen) atoms. The van der Waals surface area contributed by atoms with E-state index in [1.54, 1.807) is 5.49 Å². The van der Waals surface area contributed by atoms with Gasteiger partial charge in [0, 0.05) is 32.7 Å². The highest BCUT2D eigenvalue weighted by atomic mass is 35.5. The molecule has 0 radical (unpaired) electrons. The Morgan fingerprint density at radius 2 is 1.69 bits per heavy atom. The van der Waals surface area contributed by atoms with E-state index in [-0.39, 0.29) is 12.4 Å². The molecule has 88 valence electrons. The second-order valence-electron chi connectivity index (χ2n) is 3.90. The van der Waals surface area contributed by atoms with Crippen molar-refractivity contribution in [1.29, 1.82) is 0 Å². The maximum Gasteiger partial charge on any atom is 0.0641 e. The van der Waals surface area contributed by atoms with Gasteiger partial charge in [-0.1, -0.05) is 42.5 Å². The van der Waals surface area contributed by atoms with Gasteiger partial charge in [0.2, 0.25) is 0 Å². The number of piperazine rings is 1. The summed E-state index contributed by atoms with van der Waals surface area (Å²) in [6, 6.07) is 10.6. The third kappa shape index (κ3) is 3.74. The summed E-state index contributed by atoms with van der Waals surface area (Å²) in [5, 5.41) is 0. The summed E-state index contributed by atoms with van der Waals surface area (Å²) in [6.45, 7) is 5.42. The third-order valence-electron chi connectivity index (χ3n) is 2.80. The summed E-state index contributed by atoms with van der Waals surface area (Å²) in [6.07, 6.45) is 0. The van der Waals surface area contributed by atoms with E-state index in [0.717, 1.165) is 32.7 Å². The second-order valence-corrected chi connectivity index (χ2v) is 4.11. The molecular formula is C12H17ClN2S. The molecule has 0 N–H and O–H groups in total. The molecule has 0 amide bonds. The summed E-state index contributed by atoms with van der Waals surface area (Å²) < 4.78 is 0. The van der Waals surface area contributed by atoms with E-state index in [2.05, 4.69) is 40.1 Å². The normalized spacial score (nSPS) is 16.6. The lowest BCUT2D eigenvalue weighted by molar-refractivity contribution is 0.180. The van der Waals surface area contributed by atoms with Gasteiger partial charge in [-0.25, -0.2) is 0 Å². The fourth-order valence-electron chi connectivity index (χ4n) is 1.87. The van der Waals surface area contributed by atoms with Gasteiger partial charge >= 0.3 is 0 Å². The van der Waals surface area contributed by atoms with Gasteiger partial charge in [0.25, 0.3) is 0 Å². The Morgan fingerprint density at radius 1 is 1.06 bits per heavy atom. The van der Waals surface area contributed by atoms with Crippen molar-refractivity contribution in [2.24, 2.45) is 0 Å². The van der Waals surface area contributed by atoms with Crippen LogP contribution in [-0.4, -0.2) is 41.5 Å². The SMILES string of the molecule is Cl.S=CN1CCN(Cc2ccccc2)CC1. The molecule has 2 rings (SSSR count). The van der Waals surface area contributed by atoms with Gasteiger partial charge in [0.05, 0.1) is 5.49 Å². The van der Waals surface area contributed by atoms with Crippen LogP contribution < -0.4 is 0 Å². The molecular weight excluding hydrogens is 240 g/mol. The highest BCUT2D eigenvalue weighted by molar-refractivity contribution is 7.78. The summed E-state index contributed by atoms with van der Waals surface area (Å²) in [5.74, 6) is 0. The van der Waals surface area contributed by atoms with Gasteiger partial charge in [-0.3, -0.25) is 4.90 Å². The van der Waals surface area contributed by atoms with Crippen LogP contribution in [0, 0.1) is 0 Å². The molecule has 0 aromatic heterocycles. The molecule has 1 saturated heterocycles. The highest BCUT2D eigenvalue weighted by Gasteiger charge is 2.13. The standard InChI is InChI=1S/C12H16N2S.ClH/c15-11-14-8-6-13(7-9-14)10-12-4-2-1-3-5-12;/h1-5,11H,6-10H2;1H. The lowest BCUT2D eigenvalue weighted by Crippen LogP contribution is -2.44. The molecule has 4 heteroatoms. The molecule has 2 nitrogen and oxygen atoms in total. The zero-order valence-electron chi connectivity index (χ0n) is 9.21. The summed E-state index contributed by atoms with van der Waals surface area (Å²) in [7, 11) is 0. The Bertz CT molecular complexity index is 310. The number of hydrogen-bond donors (Lipinski definition) is 0. The van der Waals surface area contributed by atoms with Crippen LogP contribution in [0.3, 0.4) is 0 Å². The quantitative estimate of drug-likeness (QED) is 0.766. The van der Waals surface area contributed by atoms with Gasteiger partial charge < -0.3 is 4.90 Å². The van der Waals surface area contributed by atoms with E-state index >= 15 is 0 Å². The first-order valence-electron chi connectivity index (χ1n) is 5.34. The molecule has 0 aliphatic carbocycles. The van der Waals surface area contributed by atoms with Crippen LogP contribution >= 0.6 is 24.6 Å². The van der Waals surface area contributed by atoms with Crippen LogP contribution in [-0.2, 0) is 6.54 Å². The fourth-order valence-corrected chi connectivity index (χ4v) is 2.08. The first kappa shape index (κ1) is 13.4. The largest absolute Gasteiger partial charge is 0.366 e. The smallest absolute Gasteiger partial charge is 0.0641 e. The number of rotatable bonds is 3. The summed E-state index contributed by atoms with van der Waals surface area (Å²) >= 11 is 4.92. The first-order chi connectivity index (χ1) is 7.38. The van der Waals surface area contributed by atoms with Gasteiger partial charge in [0.15, 0.2) is 0 Å². The lowest BCUT2D eigenvalue weighted by atomic mass is 10.2.